The number of anilines is 2. The van der Waals surface area contributed by atoms with Gasteiger partial charge in [0, 0.05) is 11.4 Å². The number of rotatable bonds is 7. The summed E-state index contributed by atoms with van der Waals surface area (Å²) in [5.74, 6) is 0.766. The standard InChI is InChI=1S/C20H24N6O2S2/c1-13(23-25-19(29)21-16-6-4-15(12-27)5-7-16)14(2)24-26-20(30)22-17-8-10-18(28-3)11-9-17/h4-11,27H,12H2,1-3H3,(H2,21,25,29)(H2,22,26,30)/b23-13+,24-14+. The van der Waals surface area contributed by atoms with Crippen molar-refractivity contribution in [2.45, 2.75) is 20.5 Å². The monoisotopic (exact) mass is 444 g/mol. The molecule has 8 nitrogen and oxygen atoms in total. The van der Waals surface area contributed by atoms with Crippen LogP contribution in [0.2, 0.25) is 0 Å². The fourth-order valence-electron chi connectivity index (χ4n) is 2.12. The Kier molecular flexibility index (Phi) is 9.13. The van der Waals surface area contributed by atoms with Gasteiger partial charge in [0.05, 0.1) is 25.1 Å². The maximum Gasteiger partial charge on any atom is 0.191 e. The van der Waals surface area contributed by atoms with Crippen LogP contribution >= 0.6 is 24.4 Å². The average molecular weight is 445 g/mol. The summed E-state index contributed by atoms with van der Waals surface area (Å²) in [4.78, 5) is 0. The molecule has 0 atom stereocenters. The number of hydrogen-bond acceptors (Lipinski definition) is 6. The molecule has 0 aromatic heterocycles. The number of aliphatic hydroxyl groups is 1. The van der Waals surface area contributed by atoms with Crippen LogP contribution in [0.15, 0.2) is 58.7 Å². The zero-order chi connectivity index (χ0) is 21.9. The van der Waals surface area contributed by atoms with Crippen LogP contribution in [0.5, 0.6) is 5.75 Å². The molecule has 0 saturated carbocycles. The fourth-order valence-corrected chi connectivity index (χ4v) is 2.44. The normalized spacial score (nSPS) is 11.5. The minimum absolute atomic E-state index is 0.00182. The van der Waals surface area contributed by atoms with E-state index in [2.05, 4.69) is 31.7 Å². The maximum atomic E-state index is 9.07. The van der Waals surface area contributed by atoms with E-state index in [-0.39, 0.29) is 6.61 Å². The number of methoxy groups -OCH3 is 1. The molecule has 0 heterocycles. The minimum atomic E-state index is -0.00182. The van der Waals surface area contributed by atoms with Gasteiger partial charge in [-0.05, 0) is 80.2 Å². The van der Waals surface area contributed by atoms with Gasteiger partial charge in [-0.15, -0.1) is 0 Å². The second-order valence-electron chi connectivity index (χ2n) is 6.11. The summed E-state index contributed by atoms with van der Waals surface area (Å²) >= 11 is 10.5. The van der Waals surface area contributed by atoms with Crippen molar-refractivity contribution in [1.29, 1.82) is 0 Å². The van der Waals surface area contributed by atoms with E-state index in [0.717, 1.165) is 22.7 Å². The van der Waals surface area contributed by atoms with Crippen molar-refractivity contribution in [3.05, 3.63) is 54.1 Å². The number of hydrazone groups is 2. The van der Waals surface area contributed by atoms with Crippen LogP contribution in [0.4, 0.5) is 11.4 Å². The third-order valence-corrected chi connectivity index (χ3v) is 4.30. The van der Waals surface area contributed by atoms with E-state index in [9.17, 15) is 0 Å². The van der Waals surface area contributed by atoms with E-state index >= 15 is 0 Å². The number of nitrogens with zero attached hydrogens (tertiary/aromatic N) is 2. The average Bonchev–Trinajstić information content (AvgIpc) is 2.76. The van der Waals surface area contributed by atoms with Gasteiger partial charge in [0.1, 0.15) is 5.75 Å². The number of benzene rings is 2. The molecule has 2 rings (SSSR count). The van der Waals surface area contributed by atoms with Crippen molar-refractivity contribution in [1.82, 2.24) is 10.9 Å². The summed E-state index contributed by atoms with van der Waals surface area (Å²) in [5, 5.41) is 24.2. The molecule has 0 unspecified atom stereocenters. The van der Waals surface area contributed by atoms with E-state index in [1.807, 2.05) is 48.5 Å². The SMILES string of the molecule is COc1ccc(NC(=S)N/N=C(C)/C(C)=N/NC(=S)Nc2ccc(CO)cc2)cc1. The number of ether oxygens (including phenoxy) is 1. The molecule has 0 fully saturated rings. The van der Waals surface area contributed by atoms with Gasteiger partial charge < -0.3 is 20.5 Å². The zero-order valence-electron chi connectivity index (χ0n) is 16.9. The highest BCUT2D eigenvalue weighted by Crippen LogP contribution is 2.14. The molecule has 0 aliphatic rings. The maximum absolute atomic E-state index is 9.07. The second kappa shape index (κ2) is 11.8. The van der Waals surface area contributed by atoms with E-state index in [1.165, 1.54) is 0 Å². The van der Waals surface area contributed by atoms with Gasteiger partial charge >= 0.3 is 0 Å². The highest BCUT2D eigenvalue weighted by molar-refractivity contribution is 7.80. The van der Waals surface area contributed by atoms with Gasteiger partial charge in [0.2, 0.25) is 0 Å². The molecular weight excluding hydrogens is 420 g/mol. The van der Waals surface area contributed by atoms with Crippen LogP contribution in [-0.2, 0) is 6.61 Å². The molecule has 0 spiro atoms. The highest BCUT2D eigenvalue weighted by atomic mass is 32.1. The Morgan fingerprint density at radius 1 is 0.833 bits per heavy atom. The van der Waals surface area contributed by atoms with Gasteiger partial charge in [-0.1, -0.05) is 12.1 Å². The summed E-state index contributed by atoms with van der Waals surface area (Å²) in [6, 6.07) is 14.6. The Balaban J connectivity index is 1.82. The molecule has 0 aliphatic carbocycles. The fraction of sp³-hybridized carbons (Fsp3) is 0.200. The van der Waals surface area contributed by atoms with Crippen LogP contribution < -0.4 is 26.2 Å². The predicted octanol–water partition coefficient (Wildman–Crippen LogP) is 3.21. The first-order valence-corrected chi connectivity index (χ1v) is 9.79. The lowest BCUT2D eigenvalue weighted by atomic mass is 10.2. The molecule has 158 valence electrons. The topological polar surface area (TPSA) is 102 Å². The van der Waals surface area contributed by atoms with Crippen LogP contribution in [0.3, 0.4) is 0 Å². The molecule has 10 heteroatoms. The van der Waals surface area contributed by atoms with Gasteiger partial charge in [0.25, 0.3) is 0 Å². The van der Waals surface area contributed by atoms with Crippen molar-refractivity contribution in [2.75, 3.05) is 17.7 Å². The Labute approximate surface area is 186 Å². The van der Waals surface area contributed by atoms with Crippen LogP contribution in [0.25, 0.3) is 0 Å². The van der Waals surface area contributed by atoms with E-state index in [4.69, 9.17) is 34.3 Å². The predicted molar refractivity (Wildman–Crippen MR) is 130 cm³/mol. The van der Waals surface area contributed by atoms with E-state index in [0.29, 0.717) is 21.6 Å². The van der Waals surface area contributed by atoms with Gasteiger partial charge in [0.15, 0.2) is 10.2 Å². The van der Waals surface area contributed by atoms with Crippen LogP contribution in [0.1, 0.15) is 19.4 Å². The van der Waals surface area contributed by atoms with Crippen LogP contribution in [0, 0.1) is 0 Å². The Bertz CT molecular complexity index is 850. The second-order valence-corrected chi connectivity index (χ2v) is 6.93. The smallest absolute Gasteiger partial charge is 0.191 e. The largest absolute Gasteiger partial charge is 0.497 e. The summed E-state index contributed by atoms with van der Waals surface area (Å²) in [7, 11) is 1.61. The number of thiocarbonyl (C=S) groups is 2. The van der Waals surface area contributed by atoms with Crippen molar-refractivity contribution in [2.24, 2.45) is 10.2 Å². The van der Waals surface area contributed by atoms with Gasteiger partial charge in [-0.3, -0.25) is 10.9 Å². The summed E-state index contributed by atoms with van der Waals surface area (Å²) in [6.45, 7) is 3.60. The third-order valence-electron chi connectivity index (χ3n) is 3.92. The summed E-state index contributed by atoms with van der Waals surface area (Å²) in [6.07, 6.45) is 0. The lowest BCUT2D eigenvalue weighted by Crippen LogP contribution is -2.28. The summed E-state index contributed by atoms with van der Waals surface area (Å²) in [5.41, 5.74) is 9.25. The first kappa shape index (κ1) is 23.2. The first-order valence-electron chi connectivity index (χ1n) is 8.98. The highest BCUT2D eigenvalue weighted by Gasteiger charge is 2.02. The molecule has 0 saturated heterocycles. The molecule has 0 amide bonds. The Hall–Kier alpha value is -3.08. The number of aliphatic hydroxyl groups excluding tert-OH is 1. The number of nitrogens with one attached hydrogen (secondary N) is 4. The zero-order valence-corrected chi connectivity index (χ0v) is 18.5. The number of hydrogen-bond donors (Lipinski definition) is 5. The molecule has 0 aliphatic heterocycles. The molecule has 2 aromatic rings. The van der Waals surface area contributed by atoms with Crippen LogP contribution in [-0.4, -0.2) is 33.9 Å². The third kappa shape index (κ3) is 7.74. The Morgan fingerprint density at radius 3 is 1.67 bits per heavy atom. The molecule has 0 bridgehead atoms. The molecule has 5 N–H and O–H groups in total. The van der Waals surface area contributed by atoms with Crippen molar-refractivity contribution < 1.29 is 9.84 Å². The van der Waals surface area contributed by atoms with Crippen molar-refractivity contribution in [3.63, 3.8) is 0 Å². The quantitative estimate of drug-likeness (QED) is 0.252. The van der Waals surface area contributed by atoms with Crippen molar-refractivity contribution >= 4 is 57.5 Å². The molecule has 2 aromatic carbocycles. The van der Waals surface area contributed by atoms with Gasteiger partial charge in [-0.25, -0.2) is 0 Å². The van der Waals surface area contributed by atoms with E-state index in [1.54, 1.807) is 21.0 Å². The lowest BCUT2D eigenvalue weighted by Gasteiger charge is -2.10. The molecule has 0 radical (unpaired) electrons. The molecule has 30 heavy (non-hydrogen) atoms. The van der Waals surface area contributed by atoms with Gasteiger partial charge in [-0.2, -0.15) is 10.2 Å². The van der Waals surface area contributed by atoms with E-state index < -0.39 is 0 Å². The Morgan fingerprint density at radius 2 is 1.27 bits per heavy atom. The van der Waals surface area contributed by atoms with Crippen molar-refractivity contribution in [3.8, 4) is 5.75 Å². The molecular formula is C20H24N6O2S2. The first-order chi connectivity index (χ1) is 14.4. The minimum Gasteiger partial charge on any atom is -0.497 e. The summed E-state index contributed by atoms with van der Waals surface area (Å²) < 4.78 is 5.12. The lowest BCUT2D eigenvalue weighted by molar-refractivity contribution is 0.282.